The largest absolute Gasteiger partial charge is 0.504 e. The maximum Gasteiger partial charge on any atom is 0.171 e. The van der Waals surface area contributed by atoms with Gasteiger partial charge in [-0.3, -0.25) is 4.99 Å². The summed E-state index contributed by atoms with van der Waals surface area (Å²) in [5.74, 6) is 0.677. The fourth-order valence-electron chi connectivity index (χ4n) is 2.84. The number of aromatic hydroxyl groups is 1. The van der Waals surface area contributed by atoms with Gasteiger partial charge in [0.25, 0.3) is 0 Å². The normalized spacial score (nSPS) is 14.9. The van der Waals surface area contributed by atoms with Crippen LogP contribution in [0.3, 0.4) is 0 Å². The Morgan fingerprint density at radius 3 is 2.64 bits per heavy atom. The van der Waals surface area contributed by atoms with Crippen molar-refractivity contribution < 1.29 is 15.2 Å². The Kier molecular flexibility index (Phi) is 6.14. The molecule has 1 fully saturated rings. The second-order valence-electron chi connectivity index (χ2n) is 5.91. The molecule has 1 aliphatic rings. The molecule has 5 nitrogen and oxygen atoms in total. The lowest BCUT2D eigenvalue weighted by Gasteiger charge is -2.27. The van der Waals surface area contributed by atoms with E-state index in [0.29, 0.717) is 12.4 Å². The van der Waals surface area contributed by atoms with E-state index in [1.165, 1.54) is 5.69 Å². The minimum Gasteiger partial charge on any atom is -0.504 e. The zero-order valence-corrected chi connectivity index (χ0v) is 16.4. The number of phenols is 1. The molecule has 1 heterocycles. The van der Waals surface area contributed by atoms with Gasteiger partial charge in [-0.2, -0.15) is 0 Å². The summed E-state index contributed by atoms with van der Waals surface area (Å²) in [6.07, 6.45) is 1.80. The van der Waals surface area contributed by atoms with E-state index in [4.69, 9.17) is 4.74 Å². The summed E-state index contributed by atoms with van der Waals surface area (Å²) in [4.78, 5) is 6.95. The van der Waals surface area contributed by atoms with E-state index < -0.39 is 0 Å². The summed E-state index contributed by atoms with van der Waals surface area (Å²) in [7, 11) is 0. The fraction of sp³-hybridized carbons (Fsp3) is 0.316. The van der Waals surface area contributed by atoms with Crippen LogP contribution in [0.1, 0.15) is 12.5 Å². The van der Waals surface area contributed by atoms with Gasteiger partial charge in [0, 0.05) is 11.9 Å². The van der Waals surface area contributed by atoms with E-state index >= 15 is 0 Å². The van der Waals surface area contributed by atoms with Gasteiger partial charge >= 0.3 is 0 Å². The number of ether oxygens (including phenoxy) is 1. The van der Waals surface area contributed by atoms with Gasteiger partial charge in [0.15, 0.2) is 11.5 Å². The molecule has 0 bridgehead atoms. The number of quaternary nitrogens is 1. The Labute approximate surface area is 161 Å². The first-order valence-electron chi connectivity index (χ1n) is 8.53. The molecule has 1 saturated heterocycles. The molecule has 6 heteroatoms. The first-order chi connectivity index (χ1) is 12.2. The Bertz CT molecular complexity index is 741. The number of nitrogens with two attached hydrogens (primary N) is 1. The van der Waals surface area contributed by atoms with Crippen molar-refractivity contribution in [2.75, 3.05) is 37.7 Å². The summed E-state index contributed by atoms with van der Waals surface area (Å²) in [6, 6.07) is 12.0. The summed E-state index contributed by atoms with van der Waals surface area (Å²) in [5, 5.41) is 12.4. The monoisotopic (exact) mass is 452 g/mol. The first kappa shape index (κ1) is 18.0. The van der Waals surface area contributed by atoms with E-state index in [1.54, 1.807) is 6.21 Å². The topological polar surface area (TPSA) is 61.7 Å². The number of nitrogens with zero attached hydrogens (tertiary/aromatic N) is 2. The Hall–Kier alpha value is -1.80. The van der Waals surface area contributed by atoms with E-state index in [1.807, 2.05) is 31.2 Å². The van der Waals surface area contributed by atoms with Crippen LogP contribution in [-0.2, 0) is 0 Å². The molecule has 132 valence electrons. The number of halogens is 1. The smallest absolute Gasteiger partial charge is 0.171 e. The van der Waals surface area contributed by atoms with Crippen LogP contribution in [0.25, 0.3) is 0 Å². The zero-order valence-electron chi connectivity index (χ0n) is 14.3. The molecule has 0 unspecified atom stereocenters. The van der Waals surface area contributed by atoms with Gasteiger partial charge in [-0.25, -0.2) is 0 Å². The van der Waals surface area contributed by atoms with Gasteiger partial charge in [0.1, 0.15) is 0 Å². The van der Waals surface area contributed by atoms with Gasteiger partial charge in [-0.15, -0.1) is 0 Å². The third-order valence-electron chi connectivity index (χ3n) is 4.13. The molecule has 0 radical (unpaired) electrons. The molecule has 2 aromatic rings. The van der Waals surface area contributed by atoms with E-state index in [2.05, 4.69) is 49.9 Å². The first-order valence-corrected chi connectivity index (χ1v) is 9.61. The maximum atomic E-state index is 10.0. The predicted molar refractivity (Wildman–Crippen MR) is 110 cm³/mol. The number of piperazine rings is 1. The molecule has 25 heavy (non-hydrogen) atoms. The highest BCUT2D eigenvalue weighted by Gasteiger charge is 2.12. The second kappa shape index (κ2) is 8.53. The third kappa shape index (κ3) is 4.64. The minimum atomic E-state index is 0.183. The van der Waals surface area contributed by atoms with Crippen LogP contribution in [0, 0.1) is 3.57 Å². The van der Waals surface area contributed by atoms with Crippen LogP contribution in [0.2, 0.25) is 0 Å². The van der Waals surface area contributed by atoms with E-state index in [-0.39, 0.29) is 5.75 Å². The summed E-state index contributed by atoms with van der Waals surface area (Å²) in [5.41, 5.74) is 3.07. The van der Waals surface area contributed by atoms with Gasteiger partial charge < -0.3 is 20.1 Å². The van der Waals surface area contributed by atoms with Crippen molar-refractivity contribution in [2.24, 2.45) is 4.99 Å². The lowest BCUT2D eigenvalue weighted by atomic mass is 10.2. The Morgan fingerprint density at radius 2 is 1.96 bits per heavy atom. The molecule has 2 aromatic carbocycles. The molecule has 0 aliphatic carbocycles. The fourth-order valence-corrected chi connectivity index (χ4v) is 3.47. The highest BCUT2D eigenvalue weighted by Crippen LogP contribution is 2.32. The van der Waals surface area contributed by atoms with Crippen LogP contribution >= 0.6 is 22.6 Å². The predicted octanol–water partition coefficient (Wildman–Crippen LogP) is 2.53. The van der Waals surface area contributed by atoms with Crippen LogP contribution in [0.4, 0.5) is 11.4 Å². The van der Waals surface area contributed by atoms with Crippen molar-refractivity contribution in [3.63, 3.8) is 0 Å². The maximum absolute atomic E-state index is 10.0. The molecular weight excluding hydrogens is 429 g/mol. The molecule has 0 aromatic heterocycles. The van der Waals surface area contributed by atoms with Gasteiger partial charge in [0.2, 0.25) is 0 Å². The summed E-state index contributed by atoms with van der Waals surface area (Å²) < 4.78 is 6.22. The van der Waals surface area contributed by atoms with E-state index in [0.717, 1.165) is 41.0 Å². The number of rotatable bonds is 5. The van der Waals surface area contributed by atoms with Crippen molar-refractivity contribution in [1.82, 2.24) is 0 Å². The quantitative estimate of drug-likeness (QED) is 0.542. The Balaban J connectivity index is 1.73. The van der Waals surface area contributed by atoms with Crippen LogP contribution in [-0.4, -0.2) is 44.1 Å². The molecule has 3 N–H and O–H groups in total. The van der Waals surface area contributed by atoms with Crippen molar-refractivity contribution >= 4 is 40.2 Å². The van der Waals surface area contributed by atoms with E-state index in [9.17, 15) is 5.11 Å². The number of aliphatic imine (C=N–C) groups is 1. The average molecular weight is 452 g/mol. The van der Waals surface area contributed by atoms with Crippen molar-refractivity contribution in [3.8, 4) is 11.5 Å². The highest BCUT2D eigenvalue weighted by molar-refractivity contribution is 14.1. The second-order valence-corrected chi connectivity index (χ2v) is 7.07. The molecule has 0 amide bonds. The van der Waals surface area contributed by atoms with Crippen molar-refractivity contribution in [2.45, 2.75) is 6.92 Å². The molecule has 1 aliphatic heterocycles. The van der Waals surface area contributed by atoms with Gasteiger partial charge in [-0.05, 0) is 71.5 Å². The number of anilines is 1. The lowest BCUT2D eigenvalue weighted by molar-refractivity contribution is -0.655. The summed E-state index contributed by atoms with van der Waals surface area (Å²) in [6.45, 7) is 6.90. The highest BCUT2D eigenvalue weighted by atomic mass is 127. The number of phenolic OH excluding ortho intramolecular Hbond substituents is 1. The number of hydrogen-bond donors (Lipinski definition) is 2. The molecule has 0 spiro atoms. The molecule has 0 atom stereocenters. The zero-order chi connectivity index (χ0) is 17.6. The molecule has 3 rings (SSSR count). The van der Waals surface area contributed by atoms with Crippen molar-refractivity contribution in [1.29, 1.82) is 0 Å². The van der Waals surface area contributed by atoms with Crippen LogP contribution < -0.4 is 15.0 Å². The van der Waals surface area contributed by atoms with Crippen LogP contribution in [0.15, 0.2) is 41.4 Å². The lowest BCUT2D eigenvalue weighted by Crippen LogP contribution is -2.89. The third-order valence-corrected chi connectivity index (χ3v) is 4.96. The van der Waals surface area contributed by atoms with Gasteiger partial charge in [-0.1, -0.05) is 0 Å². The van der Waals surface area contributed by atoms with Gasteiger partial charge in [0.05, 0.1) is 42.0 Å². The SMILES string of the molecule is CCOc1cc(C=Nc2ccc(N3CC[NH2+]CC3)cc2)cc(I)c1O. The average Bonchev–Trinajstić information content (AvgIpc) is 2.65. The minimum absolute atomic E-state index is 0.183. The number of benzene rings is 2. The Morgan fingerprint density at radius 1 is 1.24 bits per heavy atom. The van der Waals surface area contributed by atoms with Crippen LogP contribution in [0.5, 0.6) is 11.5 Å². The molecule has 0 saturated carbocycles. The summed E-state index contributed by atoms with van der Waals surface area (Å²) >= 11 is 2.10. The standard InChI is InChI=1S/C19H22IN3O2/c1-2-25-18-12-14(11-17(20)19(18)24)13-22-15-3-5-16(6-4-15)23-9-7-21-8-10-23/h3-6,11-13,21,24H,2,7-10H2,1H3/p+1. The number of hydrogen-bond acceptors (Lipinski definition) is 4. The molecular formula is C19H23IN3O2+. The van der Waals surface area contributed by atoms with Crippen molar-refractivity contribution in [3.05, 3.63) is 45.5 Å².